The Morgan fingerprint density at radius 1 is 1.39 bits per heavy atom. The molecular weight excluding hydrogens is 308 g/mol. The van der Waals surface area contributed by atoms with Crippen molar-refractivity contribution >= 4 is 27.7 Å². The van der Waals surface area contributed by atoms with Crippen LogP contribution in [-0.4, -0.2) is 15.5 Å². The number of benzene rings is 1. The summed E-state index contributed by atoms with van der Waals surface area (Å²) >= 11 is 5.62. The zero-order valence-electron chi connectivity index (χ0n) is 10.5. The predicted molar refractivity (Wildman–Crippen MR) is 80.1 cm³/mol. The fourth-order valence-corrected chi connectivity index (χ4v) is 4.04. The molecule has 2 heterocycles. The summed E-state index contributed by atoms with van der Waals surface area (Å²) in [5.41, 5.74) is 4.95. The minimum atomic E-state index is 1.04. The molecule has 0 fully saturated rings. The molecule has 18 heavy (non-hydrogen) atoms. The molecule has 2 nitrogen and oxygen atoms in total. The van der Waals surface area contributed by atoms with Crippen LogP contribution in [0.1, 0.15) is 17.7 Å². The van der Waals surface area contributed by atoms with Gasteiger partial charge in [0.2, 0.25) is 0 Å². The Labute approximate surface area is 120 Å². The Bertz CT molecular complexity index is 604. The summed E-state index contributed by atoms with van der Waals surface area (Å²) in [6, 6.07) is 6.78. The van der Waals surface area contributed by atoms with E-state index in [1.165, 1.54) is 40.3 Å². The number of fused-ring (bicyclic) bond motifs is 1. The van der Waals surface area contributed by atoms with Gasteiger partial charge in [0.05, 0.1) is 15.9 Å². The Morgan fingerprint density at radius 2 is 2.22 bits per heavy atom. The fourth-order valence-electron chi connectivity index (χ4n) is 2.45. The van der Waals surface area contributed by atoms with Crippen molar-refractivity contribution < 1.29 is 0 Å². The fraction of sp³-hybridized carbons (Fsp3) is 0.357. The first-order valence-corrected chi connectivity index (χ1v) is 7.90. The van der Waals surface area contributed by atoms with Gasteiger partial charge in [0, 0.05) is 17.5 Å². The molecular formula is C14H15BrN2S. The molecule has 1 aliphatic rings. The van der Waals surface area contributed by atoms with Crippen LogP contribution in [0.5, 0.6) is 0 Å². The number of rotatable bonds is 1. The Balaban J connectivity index is 2.12. The number of halogens is 1. The second-order valence-electron chi connectivity index (χ2n) is 4.65. The molecule has 1 aromatic heterocycles. The lowest BCUT2D eigenvalue weighted by Gasteiger charge is -2.16. The lowest BCUT2D eigenvalue weighted by Crippen LogP contribution is -2.00. The second-order valence-corrected chi connectivity index (χ2v) is 6.58. The highest BCUT2D eigenvalue weighted by Gasteiger charge is 2.16. The molecule has 0 unspecified atom stereocenters. The summed E-state index contributed by atoms with van der Waals surface area (Å²) in [5.74, 6) is 1.25. The quantitative estimate of drug-likeness (QED) is 0.783. The minimum absolute atomic E-state index is 1.04. The zero-order chi connectivity index (χ0) is 12.7. The average Bonchev–Trinajstić information content (AvgIpc) is 2.63. The molecule has 94 valence electrons. The second kappa shape index (κ2) is 4.74. The van der Waals surface area contributed by atoms with Crippen LogP contribution in [0.4, 0.5) is 0 Å². The Hall–Kier alpha value is -0.740. The van der Waals surface area contributed by atoms with Gasteiger partial charge in [-0.2, -0.15) is 5.10 Å². The van der Waals surface area contributed by atoms with Crippen molar-refractivity contribution in [3.63, 3.8) is 0 Å². The van der Waals surface area contributed by atoms with Gasteiger partial charge >= 0.3 is 0 Å². The third-order valence-electron chi connectivity index (χ3n) is 3.33. The molecule has 0 saturated carbocycles. The number of hydrogen-bond acceptors (Lipinski definition) is 2. The maximum atomic E-state index is 4.46. The van der Waals surface area contributed by atoms with E-state index >= 15 is 0 Å². The first-order chi connectivity index (χ1) is 8.66. The first-order valence-electron chi connectivity index (χ1n) is 6.12. The topological polar surface area (TPSA) is 17.8 Å². The van der Waals surface area contributed by atoms with E-state index in [0.717, 1.165) is 10.2 Å². The molecule has 0 radical (unpaired) electrons. The molecule has 0 aliphatic carbocycles. The molecule has 3 rings (SSSR count). The van der Waals surface area contributed by atoms with Crippen LogP contribution in [-0.2, 0) is 13.5 Å². The SMILES string of the molecule is Cc1nn(C)c(-c2ccc3c(c2)CCCS3)c1Br. The number of nitrogens with zero attached hydrogens (tertiary/aromatic N) is 2. The highest BCUT2D eigenvalue weighted by molar-refractivity contribution is 9.10. The molecule has 0 amide bonds. The molecule has 1 aromatic carbocycles. The number of hydrogen-bond donors (Lipinski definition) is 0. The van der Waals surface area contributed by atoms with Gasteiger partial charge < -0.3 is 0 Å². The molecule has 2 aromatic rings. The summed E-state index contributed by atoms with van der Waals surface area (Å²) in [7, 11) is 2.00. The van der Waals surface area contributed by atoms with Gasteiger partial charge in [-0.25, -0.2) is 0 Å². The van der Waals surface area contributed by atoms with Crippen molar-refractivity contribution in [1.82, 2.24) is 9.78 Å². The molecule has 1 aliphatic heterocycles. The molecule has 4 heteroatoms. The van der Waals surface area contributed by atoms with Gasteiger partial charge in [0.1, 0.15) is 0 Å². The van der Waals surface area contributed by atoms with Gasteiger partial charge in [-0.3, -0.25) is 4.68 Å². The largest absolute Gasteiger partial charge is 0.266 e. The zero-order valence-corrected chi connectivity index (χ0v) is 12.9. The molecule has 0 atom stereocenters. The van der Waals surface area contributed by atoms with Crippen molar-refractivity contribution in [2.24, 2.45) is 7.05 Å². The van der Waals surface area contributed by atoms with E-state index in [0.29, 0.717) is 0 Å². The van der Waals surface area contributed by atoms with Crippen molar-refractivity contribution in [2.75, 3.05) is 5.75 Å². The number of aryl methyl sites for hydroxylation is 3. The van der Waals surface area contributed by atoms with Crippen molar-refractivity contribution in [3.05, 3.63) is 33.9 Å². The molecule has 0 bridgehead atoms. The predicted octanol–water partition coefficient (Wildman–Crippen LogP) is 4.20. The van der Waals surface area contributed by atoms with E-state index in [-0.39, 0.29) is 0 Å². The van der Waals surface area contributed by atoms with Gasteiger partial charge in [0.25, 0.3) is 0 Å². The summed E-state index contributed by atoms with van der Waals surface area (Å²) in [4.78, 5) is 1.44. The van der Waals surface area contributed by atoms with Crippen molar-refractivity contribution in [2.45, 2.75) is 24.7 Å². The van der Waals surface area contributed by atoms with Crippen LogP contribution in [0.3, 0.4) is 0 Å². The maximum absolute atomic E-state index is 4.46. The van der Waals surface area contributed by atoms with Crippen molar-refractivity contribution in [3.8, 4) is 11.3 Å². The van der Waals surface area contributed by atoms with Crippen LogP contribution in [0.15, 0.2) is 27.6 Å². The normalized spacial score (nSPS) is 14.6. The van der Waals surface area contributed by atoms with Gasteiger partial charge in [-0.15, -0.1) is 11.8 Å². The van der Waals surface area contributed by atoms with E-state index in [4.69, 9.17) is 0 Å². The first kappa shape index (κ1) is 12.3. The highest BCUT2D eigenvalue weighted by Crippen LogP contribution is 2.36. The summed E-state index contributed by atoms with van der Waals surface area (Å²) < 4.78 is 3.06. The molecule has 0 spiro atoms. The van der Waals surface area contributed by atoms with Gasteiger partial charge in [-0.1, -0.05) is 6.07 Å². The van der Waals surface area contributed by atoms with Crippen molar-refractivity contribution in [1.29, 1.82) is 0 Å². The average molecular weight is 323 g/mol. The number of thioether (sulfide) groups is 1. The lowest BCUT2D eigenvalue weighted by molar-refractivity contribution is 0.763. The monoisotopic (exact) mass is 322 g/mol. The standard InChI is InChI=1S/C14H15BrN2S/c1-9-13(15)14(17(2)16-9)11-5-6-12-10(8-11)4-3-7-18-12/h5-6,8H,3-4,7H2,1-2H3. The van der Waals surface area contributed by atoms with Crippen LogP contribution in [0.2, 0.25) is 0 Å². The van der Waals surface area contributed by atoms with Gasteiger partial charge in [-0.05, 0) is 59.1 Å². The molecule has 0 saturated heterocycles. The van der Waals surface area contributed by atoms with Gasteiger partial charge in [0.15, 0.2) is 0 Å². The van der Waals surface area contributed by atoms with E-state index in [9.17, 15) is 0 Å². The van der Waals surface area contributed by atoms with E-state index < -0.39 is 0 Å². The van der Waals surface area contributed by atoms with E-state index in [1.54, 1.807) is 0 Å². The third-order valence-corrected chi connectivity index (χ3v) is 5.48. The third kappa shape index (κ3) is 2.01. The minimum Gasteiger partial charge on any atom is -0.266 e. The van der Waals surface area contributed by atoms with Crippen LogP contribution >= 0.6 is 27.7 Å². The summed E-state index contributed by atoms with van der Waals surface area (Å²) in [5, 5.41) is 4.46. The lowest BCUT2D eigenvalue weighted by atomic mass is 10.0. The molecule has 0 N–H and O–H groups in total. The maximum Gasteiger partial charge on any atom is 0.0824 e. The summed E-state index contributed by atoms with van der Waals surface area (Å²) in [6.45, 7) is 2.03. The van der Waals surface area contributed by atoms with E-state index in [1.807, 2.05) is 30.4 Å². The Kier molecular flexibility index (Phi) is 3.24. The van der Waals surface area contributed by atoms with Crippen LogP contribution < -0.4 is 0 Å². The smallest absolute Gasteiger partial charge is 0.0824 e. The van der Waals surface area contributed by atoms with E-state index in [2.05, 4.69) is 39.2 Å². The highest BCUT2D eigenvalue weighted by atomic mass is 79.9. The summed E-state index contributed by atoms with van der Waals surface area (Å²) in [6.07, 6.45) is 2.48. The van der Waals surface area contributed by atoms with Crippen LogP contribution in [0, 0.1) is 6.92 Å². The van der Waals surface area contributed by atoms with Crippen LogP contribution in [0.25, 0.3) is 11.3 Å². The number of aromatic nitrogens is 2. The Morgan fingerprint density at radius 3 is 2.94 bits per heavy atom.